The highest BCUT2D eigenvalue weighted by molar-refractivity contribution is 5.72. The molecule has 2 aromatic rings. The minimum atomic E-state index is 0.00190. The molecule has 4 rings (SSSR count). The van der Waals surface area contributed by atoms with E-state index in [2.05, 4.69) is 11.8 Å². The second-order valence-electron chi connectivity index (χ2n) is 8.74. The average Bonchev–Trinajstić information content (AvgIpc) is 2.85. The lowest BCUT2D eigenvalue weighted by Crippen LogP contribution is -2.31. The summed E-state index contributed by atoms with van der Waals surface area (Å²) in [5.41, 5.74) is 1.94. The van der Waals surface area contributed by atoms with Gasteiger partial charge in [0.2, 0.25) is 0 Å². The van der Waals surface area contributed by atoms with Crippen molar-refractivity contribution in [3.63, 3.8) is 0 Å². The predicted octanol–water partition coefficient (Wildman–Crippen LogP) is 5.87. The zero-order valence-corrected chi connectivity index (χ0v) is 18.6. The molecule has 0 atom stereocenters. The van der Waals surface area contributed by atoms with E-state index >= 15 is 0 Å². The molecule has 32 heavy (non-hydrogen) atoms. The summed E-state index contributed by atoms with van der Waals surface area (Å²) < 4.78 is 17.4. The fourth-order valence-corrected chi connectivity index (χ4v) is 4.41. The predicted molar refractivity (Wildman–Crippen MR) is 124 cm³/mol. The van der Waals surface area contributed by atoms with Crippen LogP contribution >= 0.6 is 0 Å². The molecule has 2 fully saturated rings. The van der Waals surface area contributed by atoms with E-state index in [-0.39, 0.29) is 30.9 Å². The van der Waals surface area contributed by atoms with Gasteiger partial charge in [0.05, 0.1) is 12.0 Å². The summed E-state index contributed by atoms with van der Waals surface area (Å²) in [4.78, 5) is 12.4. The summed E-state index contributed by atoms with van der Waals surface area (Å²) in [5.74, 6) is 7.11. The van der Waals surface area contributed by atoms with Gasteiger partial charge in [0.1, 0.15) is 11.9 Å². The van der Waals surface area contributed by atoms with Crippen LogP contribution in [0.5, 0.6) is 5.75 Å². The molecule has 2 saturated carbocycles. The van der Waals surface area contributed by atoms with E-state index in [1.165, 1.54) is 19.3 Å². The number of carbonyl (C=O) groups excluding carboxylic acids is 1. The monoisotopic (exact) mass is 432 g/mol. The maximum atomic E-state index is 12.4. The van der Waals surface area contributed by atoms with Crippen LogP contribution in [0.3, 0.4) is 0 Å². The Morgan fingerprint density at radius 3 is 2.09 bits per heavy atom. The van der Waals surface area contributed by atoms with E-state index in [9.17, 15) is 4.79 Å². The topological polar surface area (TPSA) is 44.8 Å². The van der Waals surface area contributed by atoms with Gasteiger partial charge in [0.15, 0.2) is 6.79 Å². The molecule has 4 heteroatoms. The Morgan fingerprint density at radius 1 is 0.750 bits per heavy atom. The maximum Gasteiger partial charge on any atom is 0.309 e. The molecule has 2 aliphatic carbocycles. The average molecular weight is 433 g/mol. The van der Waals surface area contributed by atoms with E-state index in [4.69, 9.17) is 14.2 Å². The Morgan fingerprint density at radius 2 is 1.41 bits per heavy atom. The molecule has 0 amide bonds. The zero-order valence-electron chi connectivity index (χ0n) is 18.6. The smallest absolute Gasteiger partial charge is 0.309 e. The Balaban J connectivity index is 1.14. The number of hydrogen-bond acceptors (Lipinski definition) is 4. The Labute approximate surface area is 191 Å². The standard InChI is InChI=1S/C28H32O4/c29-28(32-27-9-5-2-6-10-27)24-15-19-26(20-16-24)31-21-30-25-17-13-23(14-18-25)12-11-22-7-3-1-4-8-22/h1,3-4,7-8,13-14,17-18,24,26-27H,2,5-6,9-10,15-16,19-21H2. The molecule has 2 aliphatic rings. The van der Waals surface area contributed by atoms with Crippen LogP contribution in [0.15, 0.2) is 54.6 Å². The molecule has 2 aromatic carbocycles. The Bertz CT molecular complexity index is 896. The van der Waals surface area contributed by atoms with Gasteiger partial charge in [-0.05, 0) is 87.8 Å². The molecular formula is C28H32O4. The minimum Gasteiger partial charge on any atom is -0.468 e. The maximum absolute atomic E-state index is 12.4. The first kappa shape index (κ1) is 22.4. The summed E-state index contributed by atoms with van der Waals surface area (Å²) >= 11 is 0. The summed E-state index contributed by atoms with van der Waals surface area (Å²) in [6.07, 6.45) is 9.42. The molecule has 4 nitrogen and oxygen atoms in total. The number of rotatable bonds is 6. The molecule has 0 aromatic heterocycles. The van der Waals surface area contributed by atoms with Crippen molar-refractivity contribution in [1.82, 2.24) is 0 Å². The first-order chi connectivity index (χ1) is 15.8. The van der Waals surface area contributed by atoms with E-state index in [1.807, 2.05) is 54.6 Å². The molecule has 0 aliphatic heterocycles. The van der Waals surface area contributed by atoms with Crippen LogP contribution in [0.25, 0.3) is 0 Å². The lowest BCUT2D eigenvalue weighted by Gasteiger charge is -2.29. The van der Waals surface area contributed by atoms with Gasteiger partial charge in [0, 0.05) is 11.1 Å². The van der Waals surface area contributed by atoms with Crippen molar-refractivity contribution in [3.8, 4) is 17.6 Å². The SMILES string of the molecule is O=C(OC1CCCCC1)C1CCC(OCOc2ccc(C#Cc3ccccc3)cc2)CC1. The van der Waals surface area contributed by atoms with Gasteiger partial charge in [0.25, 0.3) is 0 Å². The summed E-state index contributed by atoms with van der Waals surface area (Å²) in [6, 6.07) is 17.7. The summed E-state index contributed by atoms with van der Waals surface area (Å²) in [7, 11) is 0. The molecule has 0 bridgehead atoms. The third-order valence-electron chi connectivity index (χ3n) is 6.35. The lowest BCUT2D eigenvalue weighted by molar-refractivity contribution is -0.158. The van der Waals surface area contributed by atoms with Gasteiger partial charge >= 0.3 is 5.97 Å². The van der Waals surface area contributed by atoms with Gasteiger partial charge in [-0.2, -0.15) is 0 Å². The quantitative estimate of drug-likeness (QED) is 0.325. The van der Waals surface area contributed by atoms with Crippen LogP contribution in [0.1, 0.15) is 68.9 Å². The zero-order chi connectivity index (χ0) is 22.0. The molecule has 168 valence electrons. The second-order valence-corrected chi connectivity index (χ2v) is 8.74. The number of hydrogen-bond donors (Lipinski definition) is 0. The van der Waals surface area contributed by atoms with Crippen LogP contribution in [0, 0.1) is 17.8 Å². The van der Waals surface area contributed by atoms with Crippen LogP contribution < -0.4 is 4.74 Å². The van der Waals surface area contributed by atoms with E-state index in [0.29, 0.717) is 0 Å². The lowest BCUT2D eigenvalue weighted by atomic mass is 9.87. The molecule has 0 spiro atoms. The van der Waals surface area contributed by atoms with Crippen molar-refractivity contribution >= 4 is 5.97 Å². The fourth-order valence-electron chi connectivity index (χ4n) is 4.41. The van der Waals surface area contributed by atoms with Crippen molar-refractivity contribution < 1.29 is 19.0 Å². The first-order valence-electron chi connectivity index (χ1n) is 11.9. The van der Waals surface area contributed by atoms with Crippen LogP contribution in [0.4, 0.5) is 0 Å². The highest BCUT2D eigenvalue weighted by atomic mass is 16.7. The minimum absolute atomic E-state index is 0.00190. The second kappa shape index (κ2) is 11.7. The summed E-state index contributed by atoms with van der Waals surface area (Å²) in [5, 5.41) is 0. The van der Waals surface area contributed by atoms with Crippen molar-refractivity contribution in [1.29, 1.82) is 0 Å². The largest absolute Gasteiger partial charge is 0.468 e. The Hall–Kier alpha value is -2.77. The van der Waals surface area contributed by atoms with Crippen molar-refractivity contribution in [3.05, 3.63) is 65.7 Å². The highest BCUT2D eigenvalue weighted by Gasteiger charge is 2.29. The van der Waals surface area contributed by atoms with Gasteiger partial charge in [-0.15, -0.1) is 0 Å². The molecule has 0 heterocycles. The van der Waals surface area contributed by atoms with Gasteiger partial charge < -0.3 is 14.2 Å². The first-order valence-corrected chi connectivity index (χ1v) is 11.9. The van der Waals surface area contributed by atoms with Gasteiger partial charge in [-0.1, -0.05) is 36.5 Å². The third kappa shape index (κ3) is 6.87. The van der Waals surface area contributed by atoms with Crippen molar-refractivity contribution in [2.45, 2.75) is 70.0 Å². The molecule has 0 saturated heterocycles. The normalized spacial score (nSPS) is 21.2. The molecule has 0 unspecified atom stereocenters. The number of benzene rings is 2. The molecule has 0 radical (unpaired) electrons. The van der Waals surface area contributed by atoms with E-state index < -0.39 is 0 Å². The van der Waals surface area contributed by atoms with Crippen LogP contribution in [-0.2, 0) is 14.3 Å². The number of ether oxygens (including phenoxy) is 3. The summed E-state index contributed by atoms with van der Waals surface area (Å²) in [6.45, 7) is 0.219. The Kier molecular flexibility index (Phi) is 8.23. The van der Waals surface area contributed by atoms with E-state index in [1.54, 1.807) is 0 Å². The highest BCUT2D eigenvalue weighted by Crippen LogP contribution is 2.29. The van der Waals surface area contributed by atoms with Gasteiger partial charge in [-0.3, -0.25) is 4.79 Å². The molecular weight excluding hydrogens is 400 g/mol. The number of carbonyl (C=O) groups is 1. The van der Waals surface area contributed by atoms with Crippen molar-refractivity contribution in [2.24, 2.45) is 5.92 Å². The molecule has 0 N–H and O–H groups in total. The van der Waals surface area contributed by atoms with E-state index in [0.717, 1.165) is 55.4 Å². The fraction of sp³-hybridized carbons (Fsp3) is 0.464. The number of esters is 1. The van der Waals surface area contributed by atoms with Crippen LogP contribution in [-0.4, -0.2) is 25.0 Å². The van der Waals surface area contributed by atoms with Crippen molar-refractivity contribution in [2.75, 3.05) is 6.79 Å². The van der Waals surface area contributed by atoms with Crippen LogP contribution in [0.2, 0.25) is 0 Å². The van der Waals surface area contributed by atoms with Gasteiger partial charge in [-0.25, -0.2) is 0 Å². The third-order valence-corrected chi connectivity index (χ3v) is 6.35.